The number of para-hydroxylation sites is 1. The summed E-state index contributed by atoms with van der Waals surface area (Å²) in [5.41, 5.74) is 13.8. The molecule has 1 aliphatic rings. The van der Waals surface area contributed by atoms with Gasteiger partial charge in [-0.3, -0.25) is 4.57 Å². The fraction of sp³-hybridized carbons (Fsp3) is 0.271. The van der Waals surface area contributed by atoms with Gasteiger partial charge < -0.3 is 4.74 Å². The molecule has 6 heteroatoms. The topological polar surface area (TPSA) is 56.9 Å². The summed E-state index contributed by atoms with van der Waals surface area (Å²) >= 11 is 0. The van der Waals surface area contributed by atoms with Crippen molar-refractivity contribution in [2.45, 2.75) is 105 Å². The molecule has 65 heavy (non-hydrogen) atoms. The van der Waals surface area contributed by atoms with Crippen LogP contribution < -0.4 is 13.9 Å². The molecule has 3 heterocycles. The molecule has 0 bridgehead atoms. The van der Waals surface area contributed by atoms with E-state index < -0.39 is 0 Å². The SMILES string of the molecule is CC(C)(C)c1cccc(-c2cccc3c2[N+](c2cc(C(C)(C)C)cc(C(C)(C)C)c2)=C=[N+]3c2cccc(Oc3ccc4c5cc(C#N)ccc5n(-c5cc(C(C)(C)C)ccn5)c4c3)c2)c1. The molecule has 8 aromatic rings. The highest BCUT2D eigenvalue weighted by Crippen LogP contribution is 2.46. The Morgan fingerprint density at radius 3 is 1.89 bits per heavy atom. The second-order valence-corrected chi connectivity index (χ2v) is 21.7. The number of ether oxygens (including phenoxy) is 1. The molecular weight excluding hydrogens is 795 g/mol. The van der Waals surface area contributed by atoms with E-state index in [0.717, 1.165) is 55.9 Å². The fourth-order valence-electron chi connectivity index (χ4n) is 8.74. The lowest BCUT2D eigenvalue weighted by Gasteiger charge is -2.24. The Balaban J connectivity index is 1.20. The summed E-state index contributed by atoms with van der Waals surface area (Å²) < 4.78 is 13.4. The van der Waals surface area contributed by atoms with Gasteiger partial charge in [-0.2, -0.15) is 5.26 Å². The Morgan fingerprint density at radius 1 is 0.538 bits per heavy atom. The van der Waals surface area contributed by atoms with E-state index in [1.165, 1.54) is 27.8 Å². The van der Waals surface area contributed by atoms with Gasteiger partial charge in [0.2, 0.25) is 11.4 Å². The summed E-state index contributed by atoms with van der Waals surface area (Å²) in [6.45, 7) is 27.2. The Hall–Kier alpha value is -7.06. The molecule has 0 N–H and O–H groups in total. The molecule has 0 spiro atoms. The number of nitrogens with zero attached hydrogens (tertiary/aromatic N) is 5. The van der Waals surface area contributed by atoms with Gasteiger partial charge in [-0.25, -0.2) is 4.98 Å². The lowest BCUT2D eigenvalue weighted by Crippen LogP contribution is -2.17. The van der Waals surface area contributed by atoms with E-state index in [4.69, 9.17) is 9.72 Å². The number of rotatable bonds is 6. The highest BCUT2D eigenvalue weighted by Gasteiger charge is 2.40. The van der Waals surface area contributed by atoms with Crippen molar-refractivity contribution in [3.63, 3.8) is 0 Å². The molecule has 9 rings (SSSR count). The largest absolute Gasteiger partial charge is 0.503 e. The minimum atomic E-state index is -0.0611. The van der Waals surface area contributed by atoms with Crippen LogP contribution in [0.15, 0.2) is 140 Å². The van der Waals surface area contributed by atoms with Crippen LogP contribution in [0.3, 0.4) is 0 Å². The van der Waals surface area contributed by atoms with E-state index in [0.29, 0.717) is 17.1 Å². The van der Waals surface area contributed by atoms with Crippen molar-refractivity contribution >= 4 is 50.6 Å². The average molecular weight is 854 g/mol. The first-order chi connectivity index (χ1) is 30.7. The summed E-state index contributed by atoms with van der Waals surface area (Å²) in [5.74, 6) is 2.21. The summed E-state index contributed by atoms with van der Waals surface area (Å²) in [6, 6.07) is 53.3. The van der Waals surface area contributed by atoms with Gasteiger partial charge in [0.05, 0.1) is 34.3 Å². The van der Waals surface area contributed by atoms with Gasteiger partial charge in [-0.1, -0.05) is 126 Å². The number of benzene rings is 6. The van der Waals surface area contributed by atoms with Gasteiger partial charge in [-0.15, -0.1) is 0 Å². The Kier molecular flexibility index (Phi) is 10.4. The Labute approximate surface area is 384 Å². The molecule has 0 unspecified atom stereocenters. The molecule has 0 atom stereocenters. The van der Waals surface area contributed by atoms with E-state index in [9.17, 15) is 5.26 Å². The van der Waals surface area contributed by atoms with E-state index in [-0.39, 0.29) is 21.7 Å². The van der Waals surface area contributed by atoms with Crippen LogP contribution in [0.1, 0.15) is 111 Å². The maximum Gasteiger partial charge on any atom is 0.503 e. The van der Waals surface area contributed by atoms with Crippen molar-refractivity contribution in [2.75, 3.05) is 0 Å². The maximum absolute atomic E-state index is 9.84. The van der Waals surface area contributed by atoms with E-state index in [1.807, 2.05) is 42.6 Å². The van der Waals surface area contributed by atoms with Crippen LogP contribution >= 0.6 is 0 Å². The zero-order chi connectivity index (χ0) is 46.2. The van der Waals surface area contributed by atoms with Crippen LogP contribution in [0.4, 0.5) is 22.7 Å². The molecule has 324 valence electrons. The molecule has 0 saturated carbocycles. The third-order valence-corrected chi connectivity index (χ3v) is 12.6. The van der Waals surface area contributed by atoms with Crippen molar-refractivity contribution in [2.24, 2.45) is 0 Å². The number of fused-ring (bicyclic) bond motifs is 4. The van der Waals surface area contributed by atoms with Crippen molar-refractivity contribution in [1.29, 1.82) is 5.26 Å². The quantitative estimate of drug-likeness (QED) is 0.157. The predicted molar refractivity (Wildman–Crippen MR) is 271 cm³/mol. The van der Waals surface area contributed by atoms with Gasteiger partial charge in [0.15, 0.2) is 0 Å². The zero-order valence-corrected chi connectivity index (χ0v) is 39.9. The molecule has 6 nitrogen and oxygen atoms in total. The molecule has 1 aliphatic heterocycles. The van der Waals surface area contributed by atoms with Crippen molar-refractivity contribution in [1.82, 2.24) is 18.7 Å². The fourth-order valence-corrected chi connectivity index (χ4v) is 8.74. The van der Waals surface area contributed by atoms with Gasteiger partial charge >= 0.3 is 11.7 Å². The van der Waals surface area contributed by atoms with Crippen LogP contribution in [0.2, 0.25) is 0 Å². The van der Waals surface area contributed by atoms with Crippen LogP contribution in [0, 0.1) is 11.3 Å². The normalized spacial score (nSPS) is 13.2. The first-order valence-corrected chi connectivity index (χ1v) is 22.7. The number of hydrogen-bond acceptors (Lipinski definition) is 3. The smallest absolute Gasteiger partial charge is 0.457 e. The van der Waals surface area contributed by atoms with Crippen LogP contribution in [0.5, 0.6) is 11.5 Å². The van der Waals surface area contributed by atoms with Crippen LogP contribution in [-0.4, -0.2) is 15.6 Å². The number of nitriles is 1. The predicted octanol–water partition coefficient (Wildman–Crippen LogP) is 15.6. The minimum Gasteiger partial charge on any atom is -0.457 e. The highest BCUT2D eigenvalue weighted by atomic mass is 16.5. The van der Waals surface area contributed by atoms with E-state index in [2.05, 4.69) is 206 Å². The van der Waals surface area contributed by atoms with Gasteiger partial charge in [0, 0.05) is 47.3 Å². The van der Waals surface area contributed by atoms with Crippen LogP contribution in [-0.2, 0) is 21.7 Å². The lowest BCUT2D eigenvalue weighted by atomic mass is 9.80. The Morgan fingerprint density at radius 2 is 1.20 bits per heavy atom. The third-order valence-electron chi connectivity index (χ3n) is 12.6. The molecule has 2 aromatic heterocycles. The number of pyridine rings is 1. The average Bonchev–Trinajstić information content (AvgIpc) is 3.81. The molecule has 0 saturated heterocycles. The first kappa shape index (κ1) is 43.2. The molecule has 0 radical (unpaired) electrons. The standard InChI is InChI=1S/C59H59N5O/c1-56(2,3)40-17-13-16-39(29-40)48-20-15-21-52-55(48)63(45-31-42(58(7,8)9)30-43(32-45)59(10,11)12)37-62(52)44-18-14-19-46(34-44)65-47-23-24-49-50-28-38(36-60)22-25-51(50)64(53(49)35-47)54-33-41(26-27-61-54)57(4,5)6/h13-35H,1-12H3/q+2. The molecule has 0 aliphatic carbocycles. The first-order valence-electron chi connectivity index (χ1n) is 22.7. The van der Waals surface area contributed by atoms with Crippen molar-refractivity contribution in [3.05, 3.63) is 167 Å². The second kappa shape index (κ2) is 15.6. The monoisotopic (exact) mass is 853 g/mol. The Bertz CT molecular complexity index is 3290. The van der Waals surface area contributed by atoms with Crippen molar-refractivity contribution < 1.29 is 4.74 Å². The summed E-state index contributed by atoms with van der Waals surface area (Å²) in [5, 5.41) is 11.9. The highest BCUT2D eigenvalue weighted by molar-refractivity contribution is 6.10. The molecular formula is C59H59N5O+2. The van der Waals surface area contributed by atoms with E-state index >= 15 is 0 Å². The molecule has 0 amide bonds. The third kappa shape index (κ3) is 8.18. The maximum atomic E-state index is 9.84. The summed E-state index contributed by atoms with van der Waals surface area (Å²) in [4.78, 5) is 4.87. The van der Waals surface area contributed by atoms with E-state index in [1.54, 1.807) is 0 Å². The minimum absolute atomic E-state index is 0.00271. The van der Waals surface area contributed by atoms with Gasteiger partial charge in [0.1, 0.15) is 17.3 Å². The molecule has 0 fully saturated rings. The summed E-state index contributed by atoms with van der Waals surface area (Å²) in [7, 11) is 0. The van der Waals surface area contributed by atoms with Gasteiger partial charge in [0.25, 0.3) is 5.69 Å². The zero-order valence-electron chi connectivity index (χ0n) is 39.9. The number of hydrogen-bond donors (Lipinski definition) is 0. The number of aromatic nitrogens is 2. The van der Waals surface area contributed by atoms with Crippen molar-refractivity contribution in [3.8, 4) is 34.5 Å². The van der Waals surface area contributed by atoms with Gasteiger partial charge in [-0.05, 0) is 113 Å². The summed E-state index contributed by atoms with van der Waals surface area (Å²) in [6.07, 6.45) is 1.88. The molecule has 6 aromatic carbocycles. The van der Waals surface area contributed by atoms with Crippen LogP contribution in [0.25, 0.3) is 38.8 Å². The second-order valence-electron chi connectivity index (χ2n) is 21.7. The lowest BCUT2D eigenvalue weighted by molar-refractivity contribution is 0.483.